The van der Waals surface area contributed by atoms with Gasteiger partial charge in [0.25, 0.3) is 0 Å². The molecular formula is C31H27N3O5. The third-order valence-electron chi connectivity index (χ3n) is 6.96. The molecule has 5 heterocycles. The van der Waals surface area contributed by atoms with Gasteiger partial charge in [0, 0.05) is 28.2 Å². The first-order chi connectivity index (χ1) is 19.1. The lowest BCUT2D eigenvalue weighted by Crippen LogP contribution is -2.56. The third-order valence-corrected chi connectivity index (χ3v) is 6.96. The number of rotatable bonds is 7. The molecule has 8 nitrogen and oxygen atoms in total. The second-order valence-corrected chi connectivity index (χ2v) is 10.3. The van der Waals surface area contributed by atoms with Gasteiger partial charge in [-0.15, -0.1) is 0 Å². The summed E-state index contributed by atoms with van der Waals surface area (Å²) in [5, 5.41) is 4.16. The topological polar surface area (TPSA) is 87.9 Å². The van der Waals surface area contributed by atoms with Crippen LogP contribution in [0.3, 0.4) is 0 Å². The summed E-state index contributed by atoms with van der Waals surface area (Å²) in [5.41, 5.74) is 3.61. The predicted octanol–water partition coefficient (Wildman–Crippen LogP) is 6.41. The van der Waals surface area contributed by atoms with Crippen molar-refractivity contribution in [2.45, 2.75) is 19.5 Å². The molecule has 0 unspecified atom stereocenters. The van der Waals surface area contributed by atoms with Crippen LogP contribution in [0.2, 0.25) is 0 Å². The van der Waals surface area contributed by atoms with Crippen LogP contribution in [-0.4, -0.2) is 29.8 Å². The molecule has 0 saturated carbocycles. The molecule has 3 aliphatic heterocycles. The second-order valence-electron chi connectivity index (χ2n) is 10.3. The zero-order valence-corrected chi connectivity index (χ0v) is 21.4. The maximum atomic E-state index is 6.13. The molecule has 1 N–H and O–H groups in total. The van der Waals surface area contributed by atoms with Crippen molar-refractivity contribution in [3.8, 4) is 17.1 Å². The van der Waals surface area contributed by atoms with Crippen molar-refractivity contribution in [3.63, 3.8) is 0 Å². The van der Waals surface area contributed by atoms with E-state index in [1.165, 1.54) is 0 Å². The Morgan fingerprint density at radius 2 is 1.64 bits per heavy atom. The summed E-state index contributed by atoms with van der Waals surface area (Å²) in [6.07, 6.45) is 1.80. The number of hydrogen-bond acceptors (Lipinski definition) is 8. The standard InChI is InChI=1S/C31H27N3O5/c1-30-18-36-31(37-19-30,38-20-30)28-14-13-27(39-28)22-7-12-26-23(15-22)16-32-29(34-26)33-24-8-10-25(11-9-24)35-17-21-5-3-2-4-6-21/h2-16H,17-20H2,1H3,(H,32,33,34). The Balaban J connectivity index is 1.03. The molecule has 2 aromatic heterocycles. The van der Waals surface area contributed by atoms with E-state index in [0.717, 1.165) is 33.5 Å². The van der Waals surface area contributed by atoms with Crippen molar-refractivity contribution in [1.82, 2.24) is 9.97 Å². The van der Waals surface area contributed by atoms with Crippen LogP contribution in [0.15, 0.2) is 95.5 Å². The number of hydrogen-bond donors (Lipinski definition) is 1. The molecule has 0 spiro atoms. The molecule has 2 bridgehead atoms. The van der Waals surface area contributed by atoms with E-state index < -0.39 is 5.97 Å². The first kappa shape index (κ1) is 23.8. The summed E-state index contributed by atoms with van der Waals surface area (Å²) >= 11 is 0. The number of benzene rings is 3. The molecule has 0 aliphatic carbocycles. The minimum Gasteiger partial charge on any atom is -0.489 e. The van der Waals surface area contributed by atoms with Gasteiger partial charge in [0.1, 0.15) is 18.1 Å². The number of fused-ring (bicyclic) bond motifs is 4. The number of nitrogens with zero attached hydrogens (tertiary/aromatic N) is 2. The van der Waals surface area contributed by atoms with Gasteiger partial charge >= 0.3 is 5.97 Å². The first-order valence-corrected chi connectivity index (χ1v) is 12.9. The summed E-state index contributed by atoms with van der Waals surface area (Å²) < 4.78 is 29.7. The van der Waals surface area contributed by atoms with E-state index >= 15 is 0 Å². The maximum absolute atomic E-state index is 6.13. The average molecular weight is 522 g/mol. The maximum Gasteiger partial charge on any atom is 0.346 e. The van der Waals surface area contributed by atoms with Crippen molar-refractivity contribution in [1.29, 1.82) is 0 Å². The van der Waals surface area contributed by atoms with Crippen molar-refractivity contribution in [2.24, 2.45) is 5.41 Å². The molecule has 0 amide bonds. The van der Waals surface area contributed by atoms with Crippen molar-refractivity contribution < 1.29 is 23.4 Å². The van der Waals surface area contributed by atoms with Crippen LogP contribution in [-0.2, 0) is 26.8 Å². The minimum atomic E-state index is -1.26. The molecule has 0 atom stereocenters. The summed E-state index contributed by atoms with van der Waals surface area (Å²) in [6, 6.07) is 27.5. The molecule has 3 saturated heterocycles. The fourth-order valence-corrected chi connectivity index (χ4v) is 4.68. The number of furan rings is 1. The van der Waals surface area contributed by atoms with E-state index in [1.807, 2.05) is 84.9 Å². The van der Waals surface area contributed by atoms with Crippen molar-refractivity contribution in [2.75, 3.05) is 25.1 Å². The van der Waals surface area contributed by atoms with E-state index in [2.05, 4.69) is 22.2 Å². The summed E-state index contributed by atoms with van der Waals surface area (Å²) in [5.74, 6) is 1.25. The van der Waals surface area contributed by atoms with Crippen LogP contribution >= 0.6 is 0 Å². The highest BCUT2D eigenvalue weighted by Crippen LogP contribution is 2.45. The Morgan fingerprint density at radius 1 is 0.872 bits per heavy atom. The molecule has 5 aromatic rings. The predicted molar refractivity (Wildman–Crippen MR) is 145 cm³/mol. The number of ether oxygens (including phenoxy) is 4. The van der Waals surface area contributed by atoms with Gasteiger partial charge in [0.05, 0.1) is 25.3 Å². The van der Waals surface area contributed by atoms with Crippen LogP contribution < -0.4 is 10.1 Å². The quantitative estimate of drug-likeness (QED) is 0.263. The van der Waals surface area contributed by atoms with Crippen LogP contribution in [0.25, 0.3) is 22.2 Å². The monoisotopic (exact) mass is 521 g/mol. The van der Waals surface area contributed by atoms with Gasteiger partial charge < -0.3 is 28.7 Å². The highest BCUT2D eigenvalue weighted by atomic mass is 16.9. The zero-order valence-electron chi connectivity index (χ0n) is 21.4. The molecule has 8 rings (SSSR count). The number of anilines is 2. The Labute approximate surface area is 225 Å². The SMILES string of the molecule is CC12COC(c3ccc(-c4ccc5nc(Nc6ccc(OCc7ccccc7)cc6)ncc5c4)o3)(OC1)OC2. The third kappa shape index (κ3) is 4.74. The smallest absolute Gasteiger partial charge is 0.346 e. The Morgan fingerprint density at radius 3 is 2.41 bits per heavy atom. The number of nitrogens with one attached hydrogen (secondary N) is 1. The normalized spacial score (nSPS) is 22.2. The van der Waals surface area contributed by atoms with E-state index in [1.54, 1.807) is 6.20 Å². The molecule has 3 fully saturated rings. The second kappa shape index (κ2) is 9.50. The molecule has 8 heteroatoms. The van der Waals surface area contributed by atoms with Gasteiger partial charge in [-0.3, -0.25) is 0 Å². The zero-order chi connectivity index (χ0) is 26.3. The Kier molecular flexibility index (Phi) is 5.81. The summed E-state index contributed by atoms with van der Waals surface area (Å²) in [6.45, 7) is 4.32. The highest BCUT2D eigenvalue weighted by Gasteiger charge is 2.53. The van der Waals surface area contributed by atoms with Crippen LogP contribution in [0.5, 0.6) is 5.75 Å². The number of aromatic nitrogens is 2. The molecule has 3 aromatic carbocycles. The van der Waals surface area contributed by atoms with Crippen LogP contribution in [0.4, 0.5) is 11.6 Å². The van der Waals surface area contributed by atoms with Gasteiger partial charge in [-0.1, -0.05) is 37.3 Å². The van der Waals surface area contributed by atoms with E-state index in [4.69, 9.17) is 23.4 Å². The lowest BCUT2D eigenvalue weighted by atomic mass is 9.91. The summed E-state index contributed by atoms with van der Waals surface area (Å²) in [4.78, 5) is 9.18. The first-order valence-electron chi connectivity index (χ1n) is 12.9. The minimum absolute atomic E-state index is 0.108. The van der Waals surface area contributed by atoms with E-state index in [-0.39, 0.29) is 5.41 Å². The molecule has 196 valence electrons. The van der Waals surface area contributed by atoms with Gasteiger partial charge in [-0.05, 0) is 60.2 Å². The van der Waals surface area contributed by atoms with E-state index in [0.29, 0.717) is 43.9 Å². The molecule has 39 heavy (non-hydrogen) atoms. The van der Waals surface area contributed by atoms with E-state index in [9.17, 15) is 0 Å². The fourth-order valence-electron chi connectivity index (χ4n) is 4.68. The largest absolute Gasteiger partial charge is 0.489 e. The van der Waals surface area contributed by atoms with Crippen molar-refractivity contribution >= 4 is 22.5 Å². The van der Waals surface area contributed by atoms with Gasteiger partial charge in [0.15, 0.2) is 5.76 Å². The Bertz CT molecular complexity index is 1590. The summed E-state index contributed by atoms with van der Waals surface area (Å²) in [7, 11) is 0. The molecule has 3 aliphatic rings. The molecule has 0 radical (unpaired) electrons. The van der Waals surface area contributed by atoms with Gasteiger partial charge in [0.2, 0.25) is 5.95 Å². The van der Waals surface area contributed by atoms with Crippen LogP contribution in [0, 0.1) is 5.41 Å². The fraction of sp³-hybridized carbons (Fsp3) is 0.226. The van der Waals surface area contributed by atoms with Gasteiger partial charge in [-0.25, -0.2) is 9.97 Å². The average Bonchev–Trinajstić information content (AvgIpc) is 3.49. The molecular weight excluding hydrogens is 494 g/mol. The lowest BCUT2D eigenvalue weighted by molar-refractivity contribution is -0.482. The Hall–Kier alpha value is -4.24. The lowest BCUT2D eigenvalue weighted by Gasteiger charge is -2.49. The highest BCUT2D eigenvalue weighted by molar-refractivity contribution is 5.84. The van der Waals surface area contributed by atoms with Crippen LogP contribution in [0.1, 0.15) is 18.2 Å². The van der Waals surface area contributed by atoms with Crippen molar-refractivity contribution in [3.05, 3.63) is 102 Å². The van der Waals surface area contributed by atoms with Gasteiger partial charge in [-0.2, -0.15) is 0 Å².